The molecule has 0 spiro atoms. The number of hydrogen-bond donors (Lipinski definition) is 1. The zero-order chi connectivity index (χ0) is 8.84. The van der Waals surface area contributed by atoms with Gasteiger partial charge in [-0.25, -0.2) is 0 Å². The van der Waals surface area contributed by atoms with E-state index in [-0.39, 0.29) is 0 Å². The van der Waals surface area contributed by atoms with Crippen molar-refractivity contribution in [3.8, 4) is 0 Å². The summed E-state index contributed by atoms with van der Waals surface area (Å²) in [6.07, 6.45) is 3.97. The predicted molar refractivity (Wildman–Crippen MR) is 53.8 cm³/mol. The molecule has 3 rings (SSSR count). The molecule has 0 aromatic heterocycles. The van der Waals surface area contributed by atoms with Crippen LogP contribution in [0.15, 0.2) is 24.3 Å². The summed E-state index contributed by atoms with van der Waals surface area (Å²) in [5, 5.41) is 0. The Morgan fingerprint density at radius 1 is 1.15 bits per heavy atom. The van der Waals surface area contributed by atoms with Crippen LogP contribution in [0.3, 0.4) is 0 Å². The van der Waals surface area contributed by atoms with E-state index in [9.17, 15) is 0 Å². The first kappa shape index (κ1) is 7.57. The van der Waals surface area contributed by atoms with Crippen LogP contribution < -0.4 is 5.73 Å². The quantitative estimate of drug-likeness (QED) is 0.730. The molecule has 68 valence electrons. The van der Waals surface area contributed by atoms with Crippen molar-refractivity contribution in [2.45, 2.75) is 37.1 Å². The molecule has 0 aliphatic heterocycles. The maximum atomic E-state index is 5.84. The maximum absolute atomic E-state index is 5.84. The van der Waals surface area contributed by atoms with Crippen LogP contribution >= 0.6 is 0 Å². The smallest absolute Gasteiger partial charge is 0.0115 e. The molecule has 0 amide bonds. The molecule has 2 saturated carbocycles. The monoisotopic (exact) mass is 173 g/mol. The SMILES string of the molecule is NC1CC1c1cccc(C2CC2)c1. The van der Waals surface area contributed by atoms with E-state index < -0.39 is 0 Å². The van der Waals surface area contributed by atoms with Crippen LogP contribution in [0.2, 0.25) is 0 Å². The first-order chi connectivity index (χ1) is 6.34. The average molecular weight is 173 g/mol. The summed E-state index contributed by atoms with van der Waals surface area (Å²) in [4.78, 5) is 0. The lowest BCUT2D eigenvalue weighted by Gasteiger charge is -2.02. The van der Waals surface area contributed by atoms with Gasteiger partial charge in [0.1, 0.15) is 0 Å². The Bertz CT molecular complexity index is 328. The number of benzene rings is 1. The van der Waals surface area contributed by atoms with Gasteiger partial charge in [-0.05, 0) is 36.3 Å². The Morgan fingerprint density at radius 2 is 1.85 bits per heavy atom. The topological polar surface area (TPSA) is 26.0 Å². The molecular formula is C12H15N. The number of hydrogen-bond acceptors (Lipinski definition) is 1. The third kappa shape index (κ3) is 1.37. The Morgan fingerprint density at radius 3 is 2.46 bits per heavy atom. The molecule has 1 aromatic rings. The van der Waals surface area contributed by atoms with Gasteiger partial charge >= 0.3 is 0 Å². The van der Waals surface area contributed by atoms with Gasteiger partial charge in [-0.15, -0.1) is 0 Å². The molecule has 2 fully saturated rings. The van der Waals surface area contributed by atoms with Crippen molar-refractivity contribution in [1.82, 2.24) is 0 Å². The molecular weight excluding hydrogens is 158 g/mol. The molecule has 2 aliphatic rings. The van der Waals surface area contributed by atoms with Crippen LogP contribution in [0, 0.1) is 0 Å². The summed E-state index contributed by atoms with van der Waals surface area (Å²) in [5.41, 5.74) is 8.85. The standard InChI is InChI=1S/C12H15N/c13-12-7-11(12)10-3-1-2-9(6-10)8-4-5-8/h1-3,6,8,11-12H,4-5,7,13H2. The minimum Gasteiger partial charge on any atom is -0.327 e. The fourth-order valence-corrected chi connectivity index (χ4v) is 2.06. The Kier molecular flexibility index (Phi) is 1.50. The third-order valence-electron chi connectivity index (χ3n) is 3.23. The van der Waals surface area contributed by atoms with Crippen molar-refractivity contribution >= 4 is 0 Å². The van der Waals surface area contributed by atoms with Gasteiger partial charge < -0.3 is 5.73 Å². The summed E-state index contributed by atoms with van der Waals surface area (Å²) in [5.74, 6) is 1.54. The predicted octanol–water partition coefficient (Wildman–Crippen LogP) is 2.38. The fraction of sp³-hybridized carbons (Fsp3) is 0.500. The lowest BCUT2D eigenvalue weighted by molar-refractivity contribution is 0.982. The Balaban J connectivity index is 1.88. The van der Waals surface area contributed by atoms with Crippen molar-refractivity contribution in [2.24, 2.45) is 5.73 Å². The first-order valence-corrected chi connectivity index (χ1v) is 5.20. The first-order valence-electron chi connectivity index (χ1n) is 5.20. The van der Waals surface area contributed by atoms with Crippen molar-refractivity contribution in [2.75, 3.05) is 0 Å². The molecule has 2 aliphatic carbocycles. The second-order valence-corrected chi connectivity index (χ2v) is 4.45. The molecule has 0 bridgehead atoms. The molecule has 13 heavy (non-hydrogen) atoms. The minimum atomic E-state index is 0.439. The second kappa shape index (κ2) is 2.58. The van der Waals surface area contributed by atoms with Crippen LogP contribution in [-0.4, -0.2) is 6.04 Å². The maximum Gasteiger partial charge on any atom is 0.0115 e. The highest BCUT2D eigenvalue weighted by Crippen LogP contribution is 2.43. The number of rotatable bonds is 2. The van der Waals surface area contributed by atoms with Crippen LogP contribution in [0.5, 0.6) is 0 Å². The molecule has 0 saturated heterocycles. The second-order valence-electron chi connectivity index (χ2n) is 4.45. The zero-order valence-corrected chi connectivity index (χ0v) is 7.74. The molecule has 0 radical (unpaired) electrons. The van der Waals surface area contributed by atoms with Crippen LogP contribution in [-0.2, 0) is 0 Å². The average Bonchev–Trinajstić information content (AvgIpc) is 2.98. The van der Waals surface area contributed by atoms with E-state index in [0.717, 1.165) is 5.92 Å². The van der Waals surface area contributed by atoms with Crippen molar-refractivity contribution < 1.29 is 0 Å². The van der Waals surface area contributed by atoms with Gasteiger partial charge in [-0.2, -0.15) is 0 Å². The lowest BCUT2D eigenvalue weighted by Crippen LogP contribution is -2.01. The molecule has 2 N–H and O–H groups in total. The zero-order valence-electron chi connectivity index (χ0n) is 7.74. The highest BCUT2D eigenvalue weighted by molar-refractivity contribution is 5.34. The van der Waals surface area contributed by atoms with Crippen molar-refractivity contribution in [1.29, 1.82) is 0 Å². The van der Waals surface area contributed by atoms with Crippen molar-refractivity contribution in [3.63, 3.8) is 0 Å². The molecule has 1 heteroatoms. The van der Waals surface area contributed by atoms with Gasteiger partial charge in [0.25, 0.3) is 0 Å². The highest BCUT2D eigenvalue weighted by atomic mass is 14.7. The Labute approximate surface area is 78.9 Å². The van der Waals surface area contributed by atoms with Crippen LogP contribution in [0.25, 0.3) is 0 Å². The fourth-order valence-electron chi connectivity index (χ4n) is 2.06. The summed E-state index contributed by atoms with van der Waals surface area (Å²) in [7, 11) is 0. The summed E-state index contributed by atoms with van der Waals surface area (Å²) >= 11 is 0. The summed E-state index contributed by atoms with van der Waals surface area (Å²) in [6.45, 7) is 0. The highest BCUT2D eigenvalue weighted by Gasteiger charge is 2.35. The molecule has 2 unspecified atom stereocenters. The van der Waals surface area contributed by atoms with Crippen LogP contribution in [0.1, 0.15) is 42.2 Å². The van der Waals surface area contributed by atoms with Gasteiger partial charge in [0.15, 0.2) is 0 Å². The van der Waals surface area contributed by atoms with Crippen LogP contribution in [0.4, 0.5) is 0 Å². The summed E-state index contributed by atoms with van der Waals surface area (Å²) < 4.78 is 0. The van der Waals surface area contributed by atoms with Gasteiger partial charge in [-0.3, -0.25) is 0 Å². The van der Waals surface area contributed by atoms with E-state index in [4.69, 9.17) is 5.73 Å². The van der Waals surface area contributed by atoms with E-state index in [1.165, 1.54) is 30.4 Å². The molecule has 1 aromatic carbocycles. The molecule has 1 nitrogen and oxygen atoms in total. The normalized spacial score (nSPS) is 31.8. The lowest BCUT2D eigenvalue weighted by atomic mass is 10.0. The van der Waals surface area contributed by atoms with E-state index in [1.54, 1.807) is 0 Å². The van der Waals surface area contributed by atoms with Crippen molar-refractivity contribution in [3.05, 3.63) is 35.4 Å². The molecule has 0 heterocycles. The largest absolute Gasteiger partial charge is 0.327 e. The van der Waals surface area contributed by atoms with E-state index in [0.29, 0.717) is 12.0 Å². The van der Waals surface area contributed by atoms with E-state index in [2.05, 4.69) is 24.3 Å². The van der Waals surface area contributed by atoms with Gasteiger partial charge in [0.05, 0.1) is 0 Å². The van der Waals surface area contributed by atoms with E-state index in [1.807, 2.05) is 0 Å². The van der Waals surface area contributed by atoms with Gasteiger partial charge in [-0.1, -0.05) is 24.3 Å². The third-order valence-corrected chi connectivity index (χ3v) is 3.23. The number of nitrogens with two attached hydrogens (primary N) is 1. The summed E-state index contributed by atoms with van der Waals surface area (Å²) in [6, 6.07) is 9.48. The Hall–Kier alpha value is -0.820. The van der Waals surface area contributed by atoms with Gasteiger partial charge in [0, 0.05) is 12.0 Å². The van der Waals surface area contributed by atoms with Gasteiger partial charge in [0.2, 0.25) is 0 Å². The molecule has 2 atom stereocenters. The van der Waals surface area contributed by atoms with E-state index >= 15 is 0 Å². The minimum absolute atomic E-state index is 0.439.